The van der Waals surface area contributed by atoms with Crippen LogP contribution in [0.5, 0.6) is 0 Å². The van der Waals surface area contributed by atoms with E-state index in [1.807, 2.05) is 22.8 Å². The number of carbonyl (C=O) groups excluding carboxylic acids is 2. The molecule has 2 aliphatic rings. The fraction of sp³-hybridized carbons (Fsp3) is 0.417. The first-order chi connectivity index (χ1) is 14.2. The van der Waals surface area contributed by atoms with Gasteiger partial charge in [0.15, 0.2) is 0 Å². The summed E-state index contributed by atoms with van der Waals surface area (Å²) in [5, 5.41) is 0. The highest BCUT2D eigenvalue weighted by Crippen LogP contribution is 2.51. The van der Waals surface area contributed by atoms with E-state index in [0.717, 1.165) is 30.9 Å². The van der Waals surface area contributed by atoms with Crippen LogP contribution in [-0.4, -0.2) is 24.9 Å². The Balaban J connectivity index is 1.94. The fourth-order valence-corrected chi connectivity index (χ4v) is 6.21. The first-order valence-corrected chi connectivity index (χ1v) is 11.9. The average Bonchev–Trinajstić information content (AvgIpc) is 3.34. The zero-order valence-corrected chi connectivity index (χ0v) is 19.9. The molecule has 6 heteroatoms. The van der Waals surface area contributed by atoms with Crippen molar-refractivity contribution in [3.63, 3.8) is 0 Å². The highest BCUT2D eigenvalue weighted by Gasteiger charge is 2.44. The molecule has 2 aliphatic heterocycles. The Bertz CT molecular complexity index is 1140. The van der Waals surface area contributed by atoms with E-state index in [1.165, 1.54) is 11.3 Å². The van der Waals surface area contributed by atoms with Gasteiger partial charge in [0.1, 0.15) is 0 Å². The van der Waals surface area contributed by atoms with Crippen LogP contribution < -0.4 is 9.80 Å². The fourth-order valence-electron chi connectivity index (χ4n) is 4.04. The predicted octanol–water partition coefficient (Wildman–Crippen LogP) is 5.41. The number of carbonyl (C=O) groups is 2. The van der Waals surface area contributed by atoms with Gasteiger partial charge < -0.3 is 9.80 Å². The second kappa shape index (κ2) is 7.72. The minimum atomic E-state index is -0.0623. The monoisotopic (exact) mass is 438 g/mol. The van der Waals surface area contributed by atoms with Gasteiger partial charge in [-0.3, -0.25) is 9.59 Å². The van der Waals surface area contributed by atoms with Crippen molar-refractivity contribution in [2.45, 2.75) is 41.5 Å². The van der Waals surface area contributed by atoms with Gasteiger partial charge in [-0.1, -0.05) is 33.6 Å². The summed E-state index contributed by atoms with van der Waals surface area (Å²) in [5.41, 5.74) is 2.96. The van der Waals surface area contributed by atoms with E-state index in [4.69, 9.17) is 0 Å². The highest BCUT2D eigenvalue weighted by molar-refractivity contribution is 7.16. The molecule has 0 atom stereocenters. The van der Waals surface area contributed by atoms with Crippen LogP contribution in [0.4, 0.5) is 11.4 Å². The van der Waals surface area contributed by atoms with Crippen LogP contribution in [0.15, 0.2) is 12.1 Å². The van der Waals surface area contributed by atoms with Gasteiger partial charge in [0, 0.05) is 18.0 Å². The van der Waals surface area contributed by atoms with Crippen molar-refractivity contribution in [3.8, 4) is 11.8 Å². The lowest BCUT2D eigenvalue weighted by atomic mass is 10.1. The van der Waals surface area contributed by atoms with Gasteiger partial charge in [0.2, 0.25) is 0 Å². The molecule has 4 rings (SSSR count). The Morgan fingerprint density at radius 2 is 1.37 bits per heavy atom. The summed E-state index contributed by atoms with van der Waals surface area (Å²) in [6.07, 6.45) is 0. The summed E-state index contributed by atoms with van der Waals surface area (Å²) < 4.78 is 0. The minimum Gasteiger partial charge on any atom is -0.307 e. The van der Waals surface area contributed by atoms with Crippen molar-refractivity contribution in [2.24, 2.45) is 11.8 Å². The van der Waals surface area contributed by atoms with Crippen LogP contribution in [-0.2, 0) is 9.59 Å². The van der Waals surface area contributed by atoms with Crippen LogP contribution in [0.3, 0.4) is 0 Å². The SMILES string of the molecule is CC#Cc1cc2c(s1)/C(=C1\C(=O)N(CC(C)C)c3cc(C)sc31)C(=O)N2CC(C)C. The van der Waals surface area contributed by atoms with Crippen molar-refractivity contribution < 1.29 is 9.59 Å². The highest BCUT2D eigenvalue weighted by atomic mass is 32.1. The van der Waals surface area contributed by atoms with Gasteiger partial charge in [-0.15, -0.1) is 28.6 Å². The molecule has 0 radical (unpaired) electrons. The first-order valence-electron chi connectivity index (χ1n) is 10.3. The molecule has 2 aromatic heterocycles. The quantitative estimate of drug-likeness (QED) is 0.473. The average molecular weight is 439 g/mol. The molecule has 0 bridgehead atoms. The van der Waals surface area contributed by atoms with Gasteiger partial charge in [0.25, 0.3) is 11.8 Å². The number of anilines is 2. The van der Waals surface area contributed by atoms with Gasteiger partial charge in [-0.05, 0) is 37.8 Å². The predicted molar refractivity (Wildman–Crippen MR) is 127 cm³/mol. The molecule has 0 saturated heterocycles. The van der Waals surface area contributed by atoms with Crippen LogP contribution >= 0.6 is 22.7 Å². The lowest BCUT2D eigenvalue weighted by molar-refractivity contribution is -0.114. The molecular formula is C24H26N2O2S2. The minimum absolute atomic E-state index is 0.0535. The van der Waals surface area contributed by atoms with E-state index in [-0.39, 0.29) is 11.8 Å². The third-order valence-corrected chi connectivity index (χ3v) is 7.21. The van der Waals surface area contributed by atoms with Crippen molar-refractivity contribution in [3.05, 3.63) is 31.6 Å². The zero-order chi connectivity index (χ0) is 21.7. The number of thiophene rings is 2. The molecule has 0 aliphatic carbocycles. The molecule has 30 heavy (non-hydrogen) atoms. The summed E-state index contributed by atoms with van der Waals surface area (Å²) >= 11 is 3.12. The van der Waals surface area contributed by atoms with E-state index in [9.17, 15) is 9.59 Å². The maximum absolute atomic E-state index is 13.6. The molecule has 0 N–H and O–H groups in total. The topological polar surface area (TPSA) is 40.6 Å². The van der Waals surface area contributed by atoms with E-state index in [1.54, 1.807) is 11.3 Å². The van der Waals surface area contributed by atoms with Crippen LogP contribution in [0.25, 0.3) is 11.1 Å². The number of aryl methyl sites for hydroxylation is 1. The maximum atomic E-state index is 13.6. The molecule has 0 spiro atoms. The number of fused-ring (bicyclic) bond motifs is 2. The van der Waals surface area contributed by atoms with Crippen LogP contribution in [0.2, 0.25) is 0 Å². The van der Waals surface area contributed by atoms with Gasteiger partial charge in [0.05, 0.1) is 37.2 Å². The molecule has 2 aromatic rings. The van der Waals surface area contributed by atoms with Gasteiger partial charge in [-0.25, -0.2) is 0 Å². The van der Waals surface area contributed by atoms with E-state index in [2.05, 4.69) is 52.5 Å². The molecule has 156 valence electrons. The van der Waals surface area contributed by atoms with Crippen molar-refractivity contribution in [1.82, 2.24) is 0 Å². The second-order valence-corrected chi connectivity index (χ2v) is 10.9. The summed E-state index contributed by atoms with van der Waals surface area (Å²) in [6, 6.07) is 4.07. The van der Waals surface area contributed by atoms with E-state index >= 15 is 0 Å². The smallest absolute Gasteiger partial charge is 0.260 e. The lowest BCUT2D eigenvalue weighted by Gasteiger charge is -2.19. The normalized spacial score (nSPS) is 17.9. The Morgan fingerprint density at radius 1 is 0.867 bits per heavy atom. The third kappa shape index (κ3) is 3.30. The van der Waals surface area contributed by atoms with Crippen LogP contribution in [0, 0.1) is 30.6 Å². The molecular weight excluding hydrogens is 412 g/mol. The number of hydrogen-bond donors (Lipinski definition) is 0. The molecule has 4 heterocycles. The Kier molecular flexibility index (Phi) is 5.37. The largest absolute Gasteiger partial charge is 0.307 e. The first kappa shape index (κ1) is 20.9. The summed E-state index contributed by atoms with van der Waals surface area (Å²) in [5.74, 6) is 6.62. The molecule has 4 nitrogen and oxygen atoms in total. The van der Waals surface area contributed by atoms with Gasteiger partial charge >= 0.3 is 0 Å². The Morgan fingerprint density at radius 3 is 1.87 bits per heavy atom. The lowest BCUT2D eigenvalue weighted by Crippen LogP contribution is -2.32. The molecule has 0 fully saturated rings. The third-order valence-electron chi connectivity index (χ3n) is 5.10. The van der Waals surface area contributed by atoms with Crippen molar-refractivity contribution in [1.29, 1.82) is 0 Å². The molecule has 0 unspecified atom stereocenters. The zero-order valence-electron chi connectivity index (χ0n) is 18.3. The summed E-state index contributed by atoms with van der Waals surface area (Å²) in [4.78, 5) is 34.7. The Hall–Kier alpha value is -2.36. The molecule has 0 aromatic carbocycles. The van der Waals surface area contributed by atoms with Gasteiger partial charge in [-0.2, -0.15) is 0 Å². The summed E-state index contributed by atoms with van der Waals surface area (Å²) in [6.45, 7) is 13.5. The number of nitrogens with zero attached hydrogens (tertiary/aromatic N) is 2. The number of rotatable bonds is 4. The van der Waals surface area contributed by atoms with Crippen LogP contribution in [0.1, 0.15) is 54.1 Å². The Labute approximate surface area is 186 Å². The van der Waals surface area contributed by atoms with E-state index < -0.39 is 0 Å². The maximum Gasteiger partial charge on any atom is 0.260 e. The second-order valence-electron chi connectivity index (χ2n) is 8.64. The molecule has 2 amide bonds. The standard InChI is InChI=1S/C24H26N2O2S2/c1-7-8-16-10-18-22(30-16)20(24(28)26(18)12-14(4)5)19-21-17(9-15(6)29-21)25(23(19)27)11-13(2)3/h9-10,13-14H,11-12H2,1-6H3/b20-19+. The van der Waals surface area contributed by atoms with E-state index in [0.29, 0.717) is 36.1 Å². The van der Waals surface area contributed by atoms with Crippen molar-refractivity contribution >= 4 is 57.0 Å². The number of hydrogen-bond acceptors (Lipinski definition) is 4. The number of amides is 2. The summed E-state index contributed by atoms with van der Waals surface area (Å²) in [7, 11) is 0. The molecule has 0 saturated carbocycles. The van der Waals surface area contributed by atoms with Crippen molar-refractivity contribution in [2.75, 3.05) is 22.9 Å².